The van der Waals surface area contributed by atoms with Crippen molar-refractivity contribution in [3.05, 3.63) is 107 Å². The monoisotopic (exact) mass is 457 g/mol. The quantitative estimate of drug-likeness (QED) is 0.354. The van der Waals surface area contributed by atoms with Gasteiger partial charge in [0.25, 0.3) is 0 Å². The summed E-state index contributed by atoms with van der Waals surface area (Å²) in [5.74, 6) is 0.658. The summed E-state index contributed by atoms with van der Waals surface area (Å²) in [4.78, 5) is 20.6. The molecule has 1 atom stereocenters. The molecule has 4 aromatic rings. The van der Waals surface area contributed by atoms with Gasteiger partial charge in [0.1, 0.15) is 6.04 Å². The SMILES string of the molecule is O=C(C(c1ccccc1)c1ccccc1)N1CCCCC1c1nc(-c2ccc(Cl)cc2)no1. The van der Waals surface area contributed by atoms with Gasteiger partial charge in [-0.1, -0.05) is 77.4 Å². The Morgan fingerprint density at radius 3 is 2.18 bits per heavy atom. The molecule has 33 heavy (non-hydrogen) atoms. The molecule has 0 bridgehead atoms. The Hall–Kier alpha value is -3.44. The van der Waals surface area contributed by atoms with Crippen LogP contribution in [0, 0.1) is 0 Å². The van der Waals surface area contributed by atoms with Crippen LogP contribution in [0.25, 0.3) is 11.4 Å². The standard InChI is InChI=1S/C27H24ClN3O2/c28-22-16-14-21(15-17-22)25-29-26(33-30-25)23-13-7-8-18-31(23)27(32)24(19-9-3-1-4-10-19)20-11-5-2-6-12-20/h1-6,9-12,14-17,23-24H,7-8,13,18H2. The summed E-state index contributed by atoms with van der Waals surface area (Å²) >= 11 is 6.00. The molecule has 0 radical (unpaired) electrons. The second kappa shape index (κ2) is 9.59. The zero-order valence-corrected chi connectivity index (χ0v) is 18.9. The molecule has 1 fully saturated rings. The second-order valence-electron chi connectivity index (χ2n) is 8.26. The molecule has 1 amide bonds. The number of carbonyl (C=O) groups excluding carboxylic acids is 1. The number of rotatable bonds is 5. The summed E-state index contributed by atoms with van der Waals surface area (Å²) in [7, 11) is 0. The van der Waals surface area contributed by atoms with Crippen molar-refractivity contribution in [2.75, 3.05) is 6.54 Å². The number of hydrogen-bond acceptors (Lipinski definition) is 4. The van der Waals surface area contributed by atoms with E-state index in [-0.39, 0.29) is 17.9 Å². The van der Waals surface area contributed by atoms with Crippen molar-refractivity contribution in [3.8, 4) is 11.4 Å². The number of benzene rings is 3. The van der Waals surface area contributed by atoms with Crippen LogP contribution in [0.15, 0.2) is 89.5 Å². The molecule has 0 saturated carbocycles. The van der Waals surface area contributed by atoms with Crippen LogP contribution in [-0.4, -0.2) is 27.5 Å². The van der Waals surface area contributed by atoms with Gasteiger partial charge in [0.15, 0.2) is 0 Å². The lowest BCUT2D eigenvalue weighted by atomic mass is 9.88. The molecule has 5 nitrogen and oxygen atoms in total. The third-order valence-corrected chi connectivity index (χ3v) is 6.38. The van der Waals surface area contributed by atoms with Crippen molar-refractivity contribution < 1.29 is 9.32 Å². The van der Waals surface area contributed by atoms with Crippen molar-refractivity contribution >= 4 is 17.5 Å². The number of halogens is 1. The van der Waals surface area contributed by atoms with Crippen molar-refractivity contribution in [2.24, 2.45) is 0 Å². The molecule has 2 heterocycles. The predicted molar refractivity (Wildman–Crippen MR) is 128 cm³/mol. The first-order valence-electron chi connectivity index (χ1n) is 11.2. The number of amides is 1. The van der Waals surface area contributed by atoms with Crippen LogP contribution in [0.2, 0.25) is 5.02 Å². The van der Waals surface area contributed by atoms with E-state index in [1.165, 1.54) is 0 Å². The first kappa shape index (κ1) is 21.4. The Morgan fingerprint density at radius 2 is 1.55 bits per heavy atom. The minimum atomic E-state index is -0.383. The molecule has 3 aromatic carbocycles. The first-order valence-corrected chi connectivity index (χ1v) is 11.6. The van der Waals surface area contributed by atoms with E-state index in [2.05, 4.69) is 10.1 Å². The lowest BCUT2D eigenvalue weighted by Gasteiger charge is -2.36. The van der Waals surface area contributed by atoms with Crippen molar-refractivity contribution in [3.63, 3.8) is 0 Å². The first-order chi connectivity index (χ1) is 16.2. The van der Waals surface area contributed by atoms with E-state index in [4.69, 9.17) is 16.1 Å². The third-order valence-electron chi connectivity index (χ3n) is 6.13. The lowest BCUT2D eigenvalue weighted by Crippen LogP contribution is -2.41. The Labute approximate surface area is 198 Å². The van der Waals surface area contributed by atoms with E-state index < -0.39 is 0 Å². The highest BCUT2D eigenvalue weighted by Gasteiger charge is 2.36. The lowest BCUT2D eigenvalue weighted by molar-refractivity contribution is -0.136. The highest BCUT2D eigenvalue weighted by Crippen LogP contribution is 2.36. The van der Waals surface area contributed by atoms with Crippen LogP contribution in [-0.2, 0) is 4.79 Å². The smallest absolute Gasteiger partial charge is 0.249 e. The maximum atomic E-state index is 14.0. The fourth-order valence-corrected chi connectivity index (χ4v) is 4.60. The Kier molecular flexibility index (Phi) is 6.22. The van der Waals surface area contributed by atoms with Gasteiger partial charge in [-0.05, 0) is 54.7 Å². The molecular weight excluding hydrogens is 434 g/mol. The minimum absolute atomic E-state index is 0.0587. The third kappa shape index (κ3) is 4.55. The summed E-state index contributed by atoms with van der Waals surface area (Å²) in [6.45, 7) is 0.665. The minimum Gasteiger partial charge on any atom is -0.337 e. The van der Waals surface area contributed by atoms with Crippen LogP contribution in [0.4, 0.5) is 0 Å². The molecule has 1 aliphatic heterocycles. The normalized spacial score (nSPS) is 16.2. The zero-order valence-electron chi connectivity index (χ0n) is 18.1. The zero-order chi connectivity index (χ0) is 22.6. The van der Waals surface area contributed by atoms with E-state index in [0.29, 0.717) is 23.3 Å². The molecule has 5 rings (SSSR count). The average molecular weight is 458 g/mol. The number of aromatic nitrogens is 2. The van der Waals surface area contributed by atoms with Gasteiger partial charge in [0.05, 0.1) is 5.92 Å². The van der Waals surface area contributed by atoms with Crippen molar-refractivity contribution in [2.45, 2.75) is 31.2 Å². The van der Waals surface area contributed by atoms with Crippen LogP contribution < -0.4 is 0 Å². The fraction of sp³-hybridized carbons (Fsp3) is 0.222. The number of likely N-dealkylation sites (tertiary alicyclic amines) is 1. The summed E-state index contributed by atoms with van der Waals surface area (Å²) in [6.07, 6.45) is 2.76. The highest BCUT2D eigenvalue weighted by molar-refractivity contribution is 6.30. The molecule has 1 aromatic heterocycles. The van der Waals surface area contributed by atoms with Gasteiger partial charge in [-0.2, -0.15) is 4.98 Å². The van der Waals surface area contributed by atoms with Gasteiger partial charge in [0.2, 0.25) is 17.6 Å². The molecule has 1 saturated heterocycles. The van der Waals surface area contributed by atoms with Gasteiger partial charge in [-0.3, -0.25) is 4.79 Å². The van der Waals surface area contributed by atoms with Crippen molar-refractivity contribution in [1.82, 2.24) is 15.0 Å². The maximum absolute atomic E-state index is 14.0. The predicted octanol–water partition coefficient (Wildman–Crippen LogP) is 6.28. The van der Waals surface area contributed by atoms with Gasteiger partial charge in [0, 0.05) is 17.1 Å². The Balaban J connectivity index is 1.47. The maximum Gasteiger partial charge on any atom is 0.249 e. The molecule has 1 aliphatic rings. The van der Waals surface area contributed by atoms with Crippen LogP contribution in [0.5, 0.6) is 0 Å². The van der Waals surface area contributed by atoms with Gasteiger partial charge in [-0.25, -0.2) is 0 Å². The molecule has 0 N–H and O–H groups in total. The Morgan fingerprint density at radius 1 is 0.909 bits per heavy atom. The molecule has 166 valence electrons. The van der Waals surface area contributed by atoms with Crippen LogP contribution in [0.3, 0.4) is 0 Å². The second-order valence-corrected chi connectivity index (χ2v) is 8.70. The Bertz CT molecular complexity index is 1170. The number of hydrogen-bond donors (Lipinski definition) is 0. The van der Waals surface area contributed by atoms with Crippen molar-refractivity contribution in [1.29, 1.82) is 0 Å². The number of piperidine rings is 1. The fourth-order valence-electron chi connectivity index (χ4n) is 4.47. The van der Waals surface area contributed by atoms with E-state index in [9.17, 15) is 4.79 Å². The van der Waals surface area contributed by atoms with Crippen LogP contribution in [0.1, 0.15) is 48.2 Å². The van der Waals surface area contributed by atoms with Crippen LogP contribution >= 0.6 is 11.6 Å². The summed E-state index contributed by atoms with van der Waals surface area (Å²) in [5.41, 5.74) is 2.78. The molecule has 1 unspecified atom stereocenters. The average Bonchev–Trinajstić information content (AvgIpc) is 3.36. The summed E-state index contributed by atoms with van der Waals surface area (Å²) in [6, 6.07) is 27.0. The topological polar surface area (TPSA) is 59.2 Å². The van der Waals surface area contributed by atoms with E-state index >= 15 is 0 Å². The number of carbonyl (C=O) groups is 1. The summed E-state index contributed by atoms with van der Waals surface area (Å²) in [5, 5.41) is 4.83. The molecule has 0 spiro atoms. The number of nitrogens with zero attached hydrogens (tertiary/aromatic N) is 3. The van der Waals surface area contributed by atoms with E-state index in [0.717, 1.165) is 36.0 Å². The van der Waals surface area contributed by atoms with Gasteiger partial charge < -0.3 is 9.42 Å². The summed E-state index contributed by atoms with van der Waals surface area (Å²) < 4.78 is 5.67. The largest absolute Gasteiger partial charge is 0.337 e. The van der Waals surface area contributed by atoms with Gasteiger partial charge >= 0.3 is 0 Å². The van der Waals surface area contributed by atoms with Gasteiger partial charge in [-0.15, -0.1) is 0 Å². The van der Waals surface area contributed by atoms with E-state index in [1.807, 2.05) is 77.7 Å². The molecule has 0 aliphatic carbocycles. The van der Waals surface area contributed by atoms with E-state index in [1.54, 1.807) is 12.1 Å². The molecule has 6 heteroatoms. The highest BCUT2D eigenvalue weighted by atomic mass is 35.5. The molecular formula is C27H24ClN3O2.